The molecule has 0 aliphatic heterocycles. The maximum absolute atomic E-state index is 13.1. The first-order chi connectivity index (χ1) is 14.8. The summed E-state index contributed by atoms with van der Waals surface area (Å²) in [5, 5.41) is 6.11. The molecule has 2 heterocycles. The van der Waals surface area contributed by atoms with Crippen molar-refractivity contribution in [3.8, 4) is 0 Å². The molecule has 2 aromatic heterocycles. The Hall–Kier alpha value is -2.69. The Labute approximate surface area is 185 Å². The molecule has 0 unspecified atom stereocenters. The van der Waals surface area contributed by atoms with Crippen LogP contribution in [0.1, 0.15) is 73.0 Å². The number of carbonyl (C=O) groups excluding carboxylic acids is 1. The van der Waals surface area contributed by atoms with Gasteiger partial charge in [-0.2, -0.15) is 5.10 Å². The lowest BCUT2D eigenvalue weighted by Gasteiger charge is -2.31. The molecule has 164 valence electrons. The molecular weight excluding hydrogens is 384 g/mol. The standard InChI is InChI=1S/C26H34N4O/c1-16(2)20-10-12-21(13-11-20)30-19(5)22-15-25(17(3)14-24(22)28-30)29(6)26(31)23-9-7-8-18(4)27-23/h7-9,14-16,20-21H,10-13H2,1-6H3. The molecule has 0 atom stereocenters. The third-order valence-electron chi connectivity index (χ3n) is 7.07. The molecule has 0 saturated heterocycles. The van der Waals surface area contributed by atoms with E-state index in [1.165, 1.54) is 31.4 Å². The predicted molar refractivity (Wildman–Crippen MR) is 127 cm³/mol. The van der Waals surface area contributed by atoms with Crippen LogP contribution in [0.15, 0.2) is 30.3 Å². The maximum atomic E-state index is 13.1. The summed E-state index contributed by atoms with van der Waals surface area (Å²) in [6, 6.07) is 10.3. The van der Waals surface area contributed by atoms with Crippen LogP contribution in [-0.2, 0) is 0 Å². The zero-order valence-electron chi connectivity index (χ0n) is 19.6. The molecule has 0 spiro atoms. The molecule has 4 rings (SSSR count). The highest BCUT2D eigenvalue weighted by Crippen LogP contribution is 2.38. The highest BCUT2D eigenvalue weighted by atomic mass is 16.2. The number of carbonyl (C=O) groups is 1. The summed E-state index contributed by atoms with van der Waals surface area (Å²) >= 11 is 0. The van der Waals surface area contributed by atoms with Crippen LogP contribution in [0.2, 0.25) is 0 Å². The van der Waals surface area contributed by atoms with Gasteiger partial charge in [0.15, 0.2) is 0 Å². The molecule has 5 heteroatoms. The van der Waals surface area contributed by atoms with E-state index in [1.807, 2.05) is 33.0 Å². The number of fused-ring (bicyclic) bond motifs is 1. The molecule has 3 aromatic rings. The Bertz CT molecular complexity index is 1110. The van der Waals surface area contributed by atoms with Crippen LogP contribution in [0, 0.1) is 32.6 Å². The maximum Gasteiger partial charge on any atom is 0.276 e. The first-order valence-electron chi connectivity index (χ1n) is 11.5. The van der Waals surface area contributed by atoms with Gasteiger partial charge in [-0.25, -0.2) is 4.98 Å². The van der Waals surface area contributed by atoms with Crippen LogP contribution in [0.3, 0.4) is 0 Å². The van der Waals surface area contributed by atoms with Gasteiger partial charge in [0.25, 0.3) is 5.91 Å². The molecule has 31 heavy (non-hydrogen) atoms. The van der Waals surface area contributed by atoms with Crippen LogP contribution < -0.4 is 4.90 Å². The van der Waals surface area contributed by atoms with Gasteiger partial charge >= 0.3 is 0 Å². The minimum atomic E-state index is -0.0943. The number of nitrogens with zero attached hydrogens (tertiary/aromatic N) is 4. The van der Waals surface area contributed by atoms with Crippen molar-refractivity contribution < 1.29 is 4.79 Å². The van der Waals surface area contributed by atoms with Crippen molar-refractivity contribution in [3.05, 3.63) is 53.0 Å². The third-order valence-corrected chi connectivity index (χ3v) is 7.07. The quantitative estimate of drug-likeness (QED) is 0.520. The van der Waals surface area contributed by atoms with E-state index in [4.69, 9.17) is 5.10 Å². The van der Waals surface area contributed by atoms with Gasteiger partial charge in [-0.05, 0) is 88.1 Å². The fourth-order valence-corrected chi connectivity index (χ4v) is 5.04. The third kappa shape index (κ3) is 4.10. The highest BCUT2D eigenvalue weighted by molar-refractivity contribution is 6.06. The summed E-state index contributed by atoms with van der Waals surface area (Å²) in [6.07, 6.45) is 4.95. The summed E-state index contributed by atoms with van der Waals surface area (Å²) in [4.78, 5) is 19.2. The molecule has 0 radical (unpaired) electrons. The largest absolute Gasteiger partial charge is 0.310 e. The first-order valence-corrected chi connectivity index (χ1v) is 11.5. The van der Waals surface area contributed by atoms with E-state index in [2.05, 4.69) is 42.6 Å². The van der Waals surface area contributed by atoms with Crippen LogP contribution in [0.5, 0.6) is 0 Å². The second kappa shape index (κ2) is 8.45. The van der Waals surface area contributed by atoms with Gasteiger partial charge in [0.1, 0.15) is 5.69 Å². The Morgan fingerprint density at radius 1 is 1.10 bits per heavy atom. The number of benzene rings is 1. The topological polar surface area (TPSA) is 51.0 Å². The number of aromatic nitrogens is 3. The molecular formula is C26H34N4O. The number of hydrogen-bond acceptors (Lipinski definition) is 3. The average Bonchev–Trinajstić information content (AvgIpc) is 3.07. The Morgan fingerprint density at radius 3 is 2.45 bits per heavy atom. The number of hydrogen-bond donors (Lipinski definition) is 0. The zero-order chi connectivity index (χ0) is 22.3. The van der Waals surface area contributed by atoms with E-state index < -0.39 is 0 Å². The molecule has 1 saturated carbocycles. The molecule has 5 nitrogen and oxygen atoms in total. The molecule has 0 bridgehead atoms. The fraction of sp³-hybridized carbons (Fsp3) is 0.500. The first kappa shape index (κ1) is 21.5. The number of amides is 1. The van der Waals surface area contributed by atoms with Crippen LogP contribution in [0.25, 0.3) is 10.9 Å². The smallest absolute Gasteiger partial charge is 0.276 e. The Kier molecular flexibility index (Phi) is 5.87. The van der Waals surface area contributed by atoms with Crippen LogP contribution >= 0.6 is 0 Å². The van der Waals surface area contributed by atoms with Gasteiger partial charge in [0.05, 0.1) is 11.6 Å². The molecule has 1 amide bonds. The Morgan fingerprint density at radius 2 is 1.81 bits per heavy atom. The Balaban J connectivity index is 1.64. The summed E-state index contributed by atoms with van der Waals surface area (Å²) in [5.74, 6) is 1.51. The molecule has 1 aliphatic rings. The van der Waals surface area contributed by atoms with E-state index >= 15 is 0 Å². The van der Waals surface area contributed by atoms with E-state index in [0.29, 0.717) is 11.7 Å². The van der Waals surface area contributed by atoms with Gasteiger partial charge in [-0.1, -0.05) is 19.9 Å². The van der Waals surface area contributed by atoms with E-state index in [9.17, 15) is 4.79 Å². The van der Waals surface area contributed by atoms with Gasteiger partial charge in [0.2, 0.25) is 0 Å². The number of rotatable bonds is 4. The van der Waals surface area contributed by atoms with Gasteiger partial charge in [-0.3, -0.25) is 9.48 Å². The lowest BCUT2D eigenvalue weighted by Crippen LogP contribution is -2.27. The summed E-state index contributed by atoms with van der Waals surface area (Å²) in [6.45, 7) is 10.8. The van der Waals surface area contributed by atoms with E-state index in [-0.39, 0.29) is 5.91 Å². The molecule has 0 N–H and O–H groups in total. The van der Waals surface area contributed by atoms with Gasteiger partial charge in [0, 0.05) is 29.5 Å². The summed E-state index contributed by atoms with van der Waals surface area (Å²) in [7, 11) is 1.83. The van der Waals surface area contributed by atoms with Crippen LogP contribution in [-0.4, -0.2) is 27.7 Å². The van der Waals surface area contributed by atoms with E-state index in [1.54, 1.807) is 11.0 Å². The lowest BCUT2D eigenvalue weighted by molar-refractivity contribution is 0.0988. The lowest BCUT2D eigenvalue weighted by atomic mass is 9.80. The summed E-state index contributed by atoms with van der Waals surface area (Å²) in [5.41, 5.74) is 5.47. The average molecular weight is 419 g/mol. The van der Waals surface area contributed by atoms with Crippen molar-refractivity contribution in [2.45, 2.75) is 66.3 Å². The predicted octanol–water partition coefficient (Wildman–Crippen LogP) is 6.02. The second-order valence-electron chi connectivity index (χ2n) is 9.53. The highest BCUT2D eigenvalue weighted by Gasteiger charge is 2.27. The summed E-state index contributed by atoms with van der Waals surface area (Å²) < 4.78 is 2.24. The van der Waals surface area contributed by atoms with Crippen molar-refractivity contribution in [1.82, 2.24) is 14.8 Å². The van der Waals surface area contributed by atoms with Crippen molar-refractivity contribution in [3.63, 3.8) is 0 Å². The second-order valence-corrected chi connectivity index (χ2v) is 9.53. The fourth-order valence-electron chi connectivity index (χ4n) is 5.04. The van der Waals surface area contributed by atoms with Crippen molar-refractivity contribution >= 4 is 22.5 Å². The number of aryl methyl sites for hydroxylation is 3. The minimum absolute atomic E-state index is 0.0943. The molecule has 1 aromatic carbocycles. The molecule has 1 fully saturated rings. The van der Waals surface area contributed by atoms with E-state index in [0.717, 1.165) is 39.7 Å². The van der Waals surface area contributed by atoms with Gasteiger partial charge < -0.3 is 4.90 Å². The van der Waals surface area contributed by atoms with Crippen molar-refractivity contribution in [2.75, 3.05) is 11.9 Å². The zero-order valence-corrected chi connectivity index (χ0v) is 19.6. The van der Waals surface area contributed by atoms with Crippen LogP contribution in [0.4, 0.5) is 5.69 Å². The minimum Gasteiger partial charge on any atom is -0.310 e. The number of anilines is 1. The number of pyridine rings is 1. The SMILES string of the molecule is Cc1cccc(C(=O)N(C)c2cc3c(C)n(C4CCC(C(C)C)CC4)nc3cc2C)n1. The van der Waals surface area contributed by atoms with Gasteiger partial charge in [-0.15, -0.1) is 0 Å². The van der Waals surface area contributed by atoms with Crippen molar-refractivity contribution in [2.24, 2.45) is 11.8 Å². The normalized spacial score (nSPS) is 19.2. The monoisotopic (exact) mass is 418 g/mol. The molecule has 1 aliphatic carbocycles. The van der Waals surface area contributed by atoms with Crippen molar-refractivity contribution in [1.29, 1.82) is 0 Å².